The second-order valence-corrected chi connectivity index (χ2v) is 6.97. The summed E-state index contributed by atoms with van der Waals surface area (Å²) in [7, 11) is 0. The van der Waals surface area contributed by atoms with Crippen LogP contribution in [0.2, 0.25) is 0 Å². The Morgan fingerprint density at radius 3 is 2.25 bits per heavy atom. The molecule has 5 nitrogen and oxygen atoms in total. The lowest BCUT2D eigenvalue weighted by molar-refractivity contribution is -0.0911. The summed E-state index contributed by atoms with van der Waals surface area (Å²) in [6.45, 7) is 13.4. The molecule has 5 heteroatoms. The van der Waals surface area contributed by atoms with Crippen molar-refractivity contribution in [1.29, 1.82) is 0 Å². The van der Waals surface area contributed by atoms with Gasteiger partial charge in [0.05, 0.1) is 12.6 Å². The first kappa shape index (κ1) is 18.9. The van der Waals surface area contributed by atoms with E-state index in [9.17, 15) is 15.0 Å². The van der Waals surface area contributed by atoms with Gasteiger partial charge in [0.25, 0.3) is 0 Å². The largest absolute Gasteiger partial charge is 0.449 e. The molecule has 0 saturated heterocycles. The summed E-state index contributed by atoms with van der Waals surface area (Å²) < 4.78 is 5.17. The van der Waals surface area contributed by atoms with E-state index in [1.165, 1.54) is 0 Å². The smallest absolute Gasteiger partial charge is 0.407 e. The normalized spacial score (nSPS) is 14.0. The maximum atomic E-state index is 11.7. The Kier molecular flexibility index (Phi) is 7.23. The highest BCUT2D eigenvalue weighted by atomic mass is 16.6. The van der Waals surface area contributed by atoms with Gasteiger partial charge in [-0.3, -0.25) is 0 Å². The van der Waals surface area contributed by atoms with Gasteiger partial charge in [-0.25, -0.2) is 4.79 Å². The van der Waals surface area contributed by atoms with Gasteiger partial charge >= 0.3 is 6.09 Å². The summed E-state index contributed by atoms with van der Waals surface area (Å²) in [5.74, 6) is 0. The van der Waals surface area contributed by atoms with Gasteiger partial charge in [0, 0.05) is 0 Å². The van der Waals surface area contributed by atoms with Gasteiger partial charge in [-0.1, -0.05) is 40.7 Å². The molecule has 0 aromatic heterocycles. The van der Waals surface area contributed by atoms with Crippen LogP contribution in [0.5, 0.6) is 0 Å². The van der Waals surface area contributed by atoms with Crippen LogP contribution in [0.15, 0.2) is 12.7 Å². The number of carbonyl (C=O) groups excluding carboxylic acids is 1. The van der Waals surface area contributed by atoms with Gasteiger partial charge in [-0.2, -0.15) is 0 Å². The Balaban J connectivity index is 4.38. The average molecular weight is 287 g/mol. The van der Waals surface area contributed by atoms with Crippen molar-refractivity contribution in [2.24, 2.45) is 10.8 Å². The number of ether oxygens (including phenoxy) is 1. The quantitative estimate of drug-likeness (QED) is 0.496. The van der Waals surface area contributed by atoms with Crippen molar-refractivity contribution in [2.45, 2.75) is 59.8 Å². The summed E-state index contributed by atoms with van der Waals surface area (Å²) >= 11 is 0. The van der Waals surface area contributed by atoms with E-state index in [-0.39, 0.29) is 12.0 Å². The zero-order chi connectivity index (χ0) is 16.0. The molecule has 0 aliphatic carbocycles. The minimum absolute atomic E-state index is 0.138. The monoisotopic (exact) mass is 287 g/mol. The second kappa shape index (κ2) is 7.64. The fraction of sp³-hybridized carbons (Fsp3) is 0.800. The van der Waals surface area contributed by atoms with Crippen molar-refractivity contribution in [2.75, 3.05) is 6.61 Å². The molecule has 0 aliphatic rings. The van der Waals surface area contributed by atoms with Crippen molar-refractivity contribution in [3.05, 3.63) is 12.7 Å². The lowest BCUT2D eigenvalue weighted by atomic mass is 9.86. The van der Waals surface area contributed by atoms with Gasteiger partial charge in [-0.05, 0) is 23.7 Å². The molecule has 3 N–H and O–H groups in total. The molecule has 0 rings (SSSR count). The van der Waals surface area contributed by atoms with Crippen molar-refractivity contribution in [3.8, 4) is 0 Å². The molecule has 0 saturated carbocycles. The van der Waals surface area contributed by atoms with Crippen LogP contribution in [-0.2, 0) is 4.74 Å². The molecule has 0 aromatic rings. The maximum Gasteiger partial charge on any atom is 0.407 e. The molecule has 0 bridgehead atoms. The third kappa shape index (κ3) is 7.50. The summed E-state index contributed by atoms with van der Waals surface area (Å²) in [6.07, 6.45) is 1.30. The third-order valence-corrected chi connectivity index (χ3v) is 3.12. The van der Waals surface area contributed by atoms with E-state index in [1.54, 1.807) is 0 Å². The lowest BCUT2D eigenvalue weighted by Gasteiger charge is -2.32. The number of hydrogen-bond acceptors (Lipinski definition) is 4. The van der Waals surface area contributed by atoms with Crippen molar-refractivity contribution in [1.82, 2.24) is 5.32 Å². The SMILES string of the molecule is C=CCCC(C)(C)COC(=O)NC(C(O)O)C(C)(C)C. The molecule has 20 heavy (non-hydrogen) atoms. The predicted molar refractivity (Wildman–Crippen MR) is 79.2 cm³/mol. The molecule has 0 fully saturated rings. The van der Waals surface area contributed by atoms with E-state index in [1.807, 2.05) is 40.7 Å². The molecule has 118 valence electrons. The van der Waals surface area contributed by atoms with Crippen LogP contribution < -0.4 is 5.32 Å². The minimum Gasteiger partial charge on any atom is -0.449 e. The Bertz CT molecular complexity index is 318. The zero-order valence-electron chi connectivity index (χ0n) is 13.3. The number of rotatable bonds is 7. The molecular weight excluding hydrogens is 258 g/mol. The Labute approximate surface area is 122 Å². The van der Waals surface area contributed by atoms with Crippen LogP contribution in [0.1, 0.15) is 47.5 Å². The Morgan fingerprint density at radius 2 is 1.85 bits per heavy atom. The molecule has 1 atom stereocenters. The van der Waals surface area contributed by atoms with Crippen LogP contribution in [-0.4, -0.2) is 35.2 Å². The van der Waals surface area contributed by atoms with Crippen molar-refractivity contribution < 1.29 is 19.7 Å². The fourth-order valence-corrected chi connectivity index (χ4v) is 1.73. The zero-order valence-corrected chi connectivity index (χ0v) is 13.3. The summed E-state index contributed by atoms with van der Waals surface area (Å²) in [5.41, 5.74) is -0.619. The molecule has 1 amide bonds. The van der Waals surface area contributed by atoms with Crippen LogP contribution in [0.25, 0.3) is 0 Å². The predicted octanol–water partition coefficient (Wildman–Crippen LogP) is 2.43. The number of hydrogen-bond donors (Lipinski definition) is 3. The van der Waals surface area contributed by atoms with E-state index in [2.05, 4.69) is 11.9 Å². The summed E-state index contributed by atoms with van der Waals surface area (Å²) in [5, 5.41) is 21.1. The number of aliphatic hydroxyl groups excluding tert-OH is 1. The van der Waals surface area contributed by atoms with E-state index >= 15 is 0 Å². The van der Waals surface area contributed by atoms with Crippen LogP contribution in [0, 0.1) is 10.8 Å². The number of nitrogens with one attached hydrogen (secondary N) is 1. The van der Waals surface area contributed by atoms with Crippen LogP contribution in [0.3, 0.4) is 0 Å². The standard InChI is InChI=1S/C15H29NO4/c1-7-8-9-15(5,6)10-20-13(19)16-11(12(17)18)14(2,3)4/h7,11-12,17-18H,1,8-10H2,2-6H3,(H,16,19). The van der Waals surface area contributed by atoms with E-state index < -0.39 is 23.8 Å². The highest BCUT2D eigenvalue weighted by Crippen LogP contribution is 2.24. The third-order valence-electron chi connectivity index (χ3n) is 3.12. The van der Waals surface area contributed by atoms with Gasteiger partial charge < -0.3 is 20.3 Å². The number of amides is 1. The molecular formula is C15H29NO4. The first-order valence-electron chi connectivity index (χ1n) is 6.90. The van der Waals surface area contributed by atoms with Crippen LogP contribution >= 0.6 is 0 Å². The minimum atomic E-state index is -1.63. The fourth-order valence-electron chi connectivity index (χ4n) is 1.73. The number of alkyl carbamates (subject to hydrolysis) is 1. The first-order chi connectivity index (χ1) is 8.99. The maximum absolute atomic E-state index is 11.7. The first-order valence-corrected chi connectivity index (χ1v) is 6.90. The number of aliphatic hydroxyl groups is 2. The highest BCUT2D eigenvalue weighted by molar-refractivity contribution is 5.67. The van der Waals surface area contributed by atoms with E-state index in [0.29, 0.717) is 0 Å². The van der Waals surface area contributed by atoms with Crippen molar-refractivity contribution in [3.63, 3.8) is 0 Å². The lowest BCUT2D eigenvalue weighted by Crippen LogP contribution is -2.51. The Hall–Kier alpha value is -1.07. The van der Waals surface area contributed by atoms with Gasteiger partial charge in [0.15, 0.2) is 6.29 Å². The van der Waals surface area contributed by atoms with Gasteiger partial charge in [0.2, 0.25) is 0 Å². The number of allylic oxidation sites excluding steroid dienone is 1. The van der Waals surface area contributed by atoms with Gasteiger partial charge in [0.1, 0.15) is 0 Å². The van der Waals surface area contributed by atoms with E-state index in [4.69, 9.17) is 4.74 Å². The molecule has 0 radical (unpaired) electrons. The Morgan fingerprint density at radius 1 is 1.30 bits per heavy atom. The molecule has 0 heterocycles. The second-order valence-electron chi connectivity index (χ2n) is 6.97. The molecule has 0 aromatic carbocycles. The average Bonchev–Trinajstić information content (AvgIpc) is 2.29. The highest BCUT2D eigenvalue weighted by Gasteiger charge is 2.32. The molecule has 0 spiro atoms. The molecule has 1 unspecified atom stereocenters. The van der Waals surface area contributed by atoms with Crippen molar-refractivity contribution >= 4 is 6.09 Å². The topological polar surface area (TPSA) is 78.8 Å². The number of carbonyl (C=O) groups is 1. The summed E-state index contributed by atoms with van der Waals surface area (Å²) in [4.78, 5) is 11.7. The van der Waals surface area contributed by atoms with Crippen LogP contribution in [0.4, 0.5) is 4.79 Å². The summed E-state index contributed by atoms with van der Waals surface area (Å²) in [6, 6.07) is -0.786. The van der Waals surface area contributed by atoms with E-state index in [0.717, 1.165) is 12.8 Å². The van der Waals surface area contributed by atoms with Gasteiger partial charge in [-0.15, -0.1) is 6.58 Å². The molecule has 0 aliphatic heterocycles.